The maximum Gasteiger partial charge on any atom is 0.0219 e. The number of hydrogen-bond donors (Lipinski definition) is 2. The molecule has 0 aliphatic heterocycles. The average Bonchev–Trinajstić information content (AvgIpc) is 2.86. The van der Waals surface area contributed by atoms with Crippen LogP contribution in [-0.2, 0) is 13.1 Å². The van der Waals surface area contributed by atoms with Crippen LogP contribution in [0, 0.1) is 13.8 Å². The second-order valence-corrected chi connectivity index (χ2v) is 8.78. The summed E-state index contributed by atoms with van der Waals surface area (Å²) in [5.41, 5.74) is 3.10. The van der Waals surface area contributed by atoms with E-state index < -0.39 is 0 Å². The first-order valence-corrected chi connectivity index (χ1v) is 11.5. The molecule has 0 amide bonds. The van der Waals surface area contributed by atoms with Crippen molar-refractivity contribution in [3.63, 3.8) is 0 Å². The molecule has 146 valence electrons. The molecule has 2 nitrogen and oxygen atoms in total. The van der Waals surface area contributed by atoms with Gasteiger partial charge < -0.3 is 10.6 Å². The van der Waals surface area contributed by atoms with Crippen LogP contribution in [0.15, 0.2) is 0 Å². The van der Waals surface area contributed by atoms with Gasteiger partial charge >= 0.3 is 0 Å². The molecular formula is C22H42N2S. The van der Waals surface area contributed by atoms with Crippen molar-refractivity contribution in [2.24, 2.45) is 0 Å². The first-order valence-electron chi connectivity index (χ1n) is 10.7. The Hall–Kier alpha value is -0.380. The highest BCUT2D eigenvalue weighted by Crippen LogP contribution is 2.27. The molecule has 0 fully saturated rings. The van der Waals surface area contributed by atoms with Crippen molar-refractivity contribution in [3.8, 4) is 0 Å². The largest absolute Gasteiger partial charge is 0.313 e. The van der Waals surface area contributed by atoms with Crippen LogP contribution in [0.3, 0.4) is 0 Å². The van der Waals surface area contributed by atoms with E-state index in [0.29, 0.717) is 0 Å². The van der Waals surface area contributed by atoms with Gasteiger partial charge in [0, 0.05) is 22.8 Å². The fourth-order valence-corrected chi connectivity index (χ4v) is 4.47. The van der Waals surface area contributed by atoms with Crippen molar-refractivity contribution < 1.29 is 0 Å². The zero-order valence-electron chi connectivity index (χ0n) is 17.3. The van der Waals surface area contributed by atoms with Gasteiger partial charge in [-0.15, -0.1) is 11.3 Å². The second kappa shape index (κ2) is 14.8. The van der Waals surface area contributed by atoms with Gasteiger partial charge in [0.15, 0.2) is 0 Å². The van der Waals surface area contributed by atoms with Gasteiger partial charge in [-0.05, 0) is 50.9 Å². The molecule has 0 saturated carbocycles. The molecule has 0 spiro atoms. The van der Waals surface area contributed by atoms with Crippen molar-refractivity contribution >= 4 is 11.3 Å². The molecule has 1 rings (SSSR count). The maximum absolute atomic E-state index is 3.68. The van der Waals surface area contributed by atoms with Crippen LogP contribution >= 0.6 is 11.3 Å². The topological polar surface area (TPSA) is 24.1 Å². The molecule has 3 heteroatoms. The number of rotatable bonds is 16. The van der Waals surface area contributed by atoms with Gasteiger partial charge in [0.25, 0.3) is 0 Å². The van der Waals surface area contributed by atoms with Crippen molar-refractivity contribution in [2.45, 2.75) is 105 Å². The van der Waals surface area contributed by atoms with E-state index in [-0.39, 0.29) is 0 Å². The molecule has 0 atom stereocenters. The van der Waals surface area contributed by atoms with E-state index in [1.807, 2.05) is 11.3 Å². The molecule has 0 aliphatic carbocycles. The number of unbranched alkanes of at least 4 members (excludes halogenated alkanes) is 8. The average molecular weight is 367 g/mol. The van der Waals surface area contributed by atoms with Crippen LogP contribution in [0.4, 0.5) is 0 Å². The Bertz CT molecular complexity index is 401. The molecule has 1 aromatic rings. The standard InChI is InChI=1S/C22H42N2S/c1-5-7-9-11-13-15-23-17-21-19(3)25-20(4)22(21)18-24-16-14-12-10-8-6-2/h23-24H,5-18H2,1-4H3. The summed E-state index contributed by atoms with van der Waals surface area (Å²) in [7, 11) is 0. The van der Waals surface area contributed by atoms with Crippen molar-refractivity contribution in [1.29, 1.82) is 0 Å². The third kappa shape index (κ3) is 9.77. The predicted molar refractivity (Wildman–Crippen MR) is 115 cm³/mol. The number of thiophene rings is 1. The minimum Gasteiger partial charge on any atom is -0.313 e. The van der Waals surface area contributed by atoms with E-state index in [4.69, 9.17) is 0 Å². The van der Waals surface area contributed by atoms with Gasteiger partial charge in [-0.2, -0.15) is 0 Å². The summed E-state index contributed by atoms with van der Waals surface area (Å²) < 4.78 is 0. The molecular weight excluding hydrogens is 324 g/mol. The van der Waals surface area contributed by atoms with Crippen LogP contribution in [0.5, 0.6) is 0 Å². The monoisotopic (exact) mass is 366 g/mol. The molecule has 0 unspecified atom stereocenters. The number of aryl methyl sites for hydroxylation is 2. The lowest BCUT2D eigenvalue weighted by molar-refractivity contribution is 0.573. The van der Waals surface area contributed by atoms with Crippen LogP contribution in [0.1, 0.15) is 98.9 Å². The fourth-order valence-electron chi connectivity index (χ4n) is 3.37. The molecule has 0 saturated heterocycles. The Kier molecular flexibility index (Phi) is 13.4. The van der Waals surface area contributed by atoms with Gasteiger partial charge in [0.2, 0.25) is 0 Å². The molecule has 1 aromatic heterocycles. The van der Waals surface area contributed by atoms with Gasteiger partial charge in [-0.25, -0.2) is 0 Å². The van der Waals surface area contributed by atoms with Gasteiger partial charge in [-0.3, -0.25) is 0 Å². The van der Waals surface area contributed by atoms with Gasteiger partial charge in [0.1, 0.15) is 0 Å². The lowest BCUT2D eigenvalue weighted by Gasteiger charge is -2.10. The Morgan fingerprint density at radius 3 is 1.40 bits per heavy atom. The Balaban J connectivity index is 2.27. The molecule has 25 heavy (non-hydrogen) atoms. The van der Waals surface area contributed by atoms with Crippen LogP contribution in [-0.4, -0.2) is 13.1 Å². The van der Waals surface area contributed by atoms with E-state index in [9.17, 15) is 0 Å². The highest BCUT2D eigenvalue weighted by molar-refractivity contribution is 7.12. The first kappa shape index (κ1) is 22.7. The summed E-state index contributed by atoms with van der Waals surface area (Å²) in [5, 5.41) is 7.35. The highest BCUT2D eigenvalue weighted by atomic mass is 32.1. The molecule has 0 bridgehead atoms. The summed E-state index contributed by atoms with van der Waals surface area (Å²) in [6.45, 7) is 13.5. The summed E-state index contributed by atoms with van der Waals surface area (Å²) in [4.78, 5) is 2.99. The predicted octanol–water partition coefficient (Wildman–Crippen LogP) is 6.48. The maximum atomic E-state index is 3.68. The second-order valence-electron chi connectivity index (χ2n) is 7.35. The zero-order valence-corrected chi connectivity index (χ0v) is 18.1. The van der Waals surface area contributed by atoms with E-state index in [1.54, 1.807) is 11.1 Å². The van der Waals surface area contributed by atoms with E-state index >= 15 is 0 Å². The molecule has 2 N–H and O–H groups in total. The number of nitrogens with one attached hydrogen (secondary N) is 2. The van der Waals surface area contributed by atoms with Crippen molar-refractivity contribution in [2.75, 3.05) is 13.1 Å². The van der Waals surface area contributed by atoms with Crippen LogP contribution in [0.25, 0.3) is 0 Å². The molecule has 1 heterocycles. The van der Waals surface area contributed by atoms with E-state index in [0.717, 1.165) is 26.2 Å². The van der Waals surface area contributed by atoms with Crippen molar-refractivity contribution in [1.82, 2.24) is 10.6 Å². The van der Waals surface area contributed by atoms with Gasteiger partial charge in [-0.1, -0.05) is 65.2 Å². The molecule has 0 aliphatic rings. The first-order chi connectivity index (χ1) is 12.2. The summed E-state index contributed by atoms with van der Waals surface area (Å²) >= 11 is 1.97. The van der Waals surface area contributed by atoms with E-state index in [1.165, 1.54) is 74.0 Å². The van der Waals surface area contributed by atoms with E-state index in [2.05, 4.69) is 38.3 Å². The number of hydrogen-bond acceptors (Lipinski definition) is 3. The normalized spacial score (nSPS) is 11.4. The SMILES string of the molecule is CCCCCCCNCc1c(C)sc(C)c1CNCCCCCCC. The summed E-state index contributed by atoms with van der Waals surface area (Å²) in [5.74, 6) is 0. The summed E-state index contributed by atoms with van der Waals surface area (Å²) in [6.07, 6.45) is 13.6. The fraction of sp³-hybridized carbons (Fsp3) is 0.818. The third-order valence-electron chi connectivity index (χ3n) is 5.04. The summed E-state index contributed by atoms with van der Waals surface area (Å²) in [6, 6.07) is 0. The highest BCUT2D eigenvalue weighted by Gasteiger charge is 2.12. The smallest absolute Gasteiger partial charge is 0.0219 e. The van der Waals surface area contributed by atoms with Crippen LogP contribution in [0.2, 0.25) is 0 Å². The Morgan fingerprint density at radius 2 is 1.00 bits per heavy atom. The van der Waals surface area contributed by atoms with Crippen molar-refractivity contribution in [3.05, 3.63) is 20.9 Å². The molecule has 0 radical (unpaired) electrons. The molecule has 0 aromatic carbocycles. The quantitative estimate of drug-likeness (QED) is 0.327. The minimum atomic E-state index is 1.04. The lowest BCUT2D eigenvalue weighted by atomic mass is 10.1. The Morgan fingerprint density at radius 1 is 0.600 bits per heavy atom. The van der Waals surface area contributed by atoms with Gasteiger partial charge in [0.05, 0.1) is 0 Å². The lowest BCUT2D eigenvalue weighted by Crippen LogP contribution is -2.19. The third-order valence-corrected chi connectivity index (χ3v) is 6.14. The zero-order chi connectivity index (χ0) is 18.3. The van der Waals surface area contributed by atoms with Crippen LogP contribution < -0.4 is 10.6 Å². The Labute approximate surface area is 161 Å². The minimum absolute atomic E-state index is 1.04.